The predicted octanol–water partition coefficient (Wildman–Crippen LogP) is 1.91. The van der Waals surface area contributed by atoms with E-state index in [1.54, 1.807) is 0 Å². The summed E-state index contributed by atoms with van der Waals surface area (Å²) in [4.78, 5) is 0. The average molecular weight is 174 g/mol. The SMILES string of the molecule is CCOC1OC(C)CC(C)(C)O1. The van der Waals surface area contributed by atoms with Gasteiger partial charge in [-0.15, -0.1) is 0 Å². The summed E-state index contributed by atoms with van der Waals surface area (Å²) in [5.74, 6) is 0. The summed E-state index contributed by atoms with van der Waals surface area (Å²) in [5.41, 5.74) is -0.127. The maximum absolute atomic E-state index is 5.54. The van der Waals surface area contributed by atoms with E-state index in [0.717, 1.165) is 6.42 Å². The molecule has 1 aliphatic heterocycles. The third kappa shape index (κ3) is 2.73. The van der Waals surface area contributed by atoms with Crippen LogP contribution in [0.25, 0.3) is 0 Å². The first kappa shape index (κ1) is 9.96. The van der Waals surface area contributed by atoms with Crippen LogP contribution in [0.1, 0.15) is 34.1 Å². The van der Waals surface area contributed by atoms with E-state index in [1.165, 1.54) is 0 Å². The molecule has 0 saturated carbocycles. The number of ether oxygens (including phenoxy) is 3. The van der Waals surface area contributed by atoms with Crippen molar-refractivity contribution in [2.45, 2.75) is 52.3 Å². The molecular weight excluding hydrogens is 156 g/mol. The third-order valence-electron chi connectivity index (χ3n) is 1.84. The lowest BCUT2D eigenvalue weighted by atomic mass is 10.0. The highest BCUT2D eigenvalue weighted by molar-refractivity contribution is 4.75. The van der Waals surface area contributed by atoms with Gasteiger partial charge >= 0.3 is 0 Å². The average Bonchev–Trinajstić information content (AvgIpc) is 1.82. The summed E-state index contributed by atoms with van der Waals surface area (Å²) in [6.45, 7) is 8.22. The Hall–Kier alpha value is -0.120. The molecule has 0 aliphatic carbocycles. The fourth-order valence-electron chi connectivity index (χ4n) is 1.48. The summed E-state index contributed by atoms with van der Waals surface area (Å²) in [6, 6.07) is 0. The Morgan fingerprint density at radius 2 is 2.17 bits per heavy atom. The Bertz CT molecular complexity index is 145. The molecule has 0 bridgehead atoms. The van der Waals surface area contributed by atoms with Gasteiger partial charge in [-0.2, -0.15) is 0 Å². The highest BCUT2D eigenvalue weighted by atomic mass is 16.9. The van der Waals surface area contributed by atoms with Gasteiger partial charge in [0.15, 0.2) is 0 Å². The van der Waals surface area contributed by atoms with Crippen LogP contribution in [0.4, 0.5) is 0 Å². The molecule has 2 atom stereocenters. The minimum Gasteiger partial charge on any atom is -0.330 e. The summed E-state index contributed by atoms with van der Waals surface area (Å²) in [6.07, 6.45) is 1.13. The zero-order chi connectivity index (χ0) is 9.19. The van der Waals surface area contributed by atoms with Gasteiger partial charge < -0.3 is 14.2 Å². The van der Waals surface area contributed by atoms with E-state index in [0.29, 0.717) is 6.61 Å². The van der Waals surface area contributed by atoms with Crippen LogP contribution in [0.15, 0.2) is 0 Å². The monoisotopic (exact) mass is 174 g/mol. The van der Waals surface area contributed by atoms with E-state index < -0.39 is 6.48 Å². The van der Waals surface area contributed by atoms with Gasteiger partial charge in [0.05, 0.1) is 11.7 Å². The van der Waals surface area contributed by atoms with Gasteiger partial charge in [-0.05, 0) is 27.7 Å². The normalized spacial score (nSPS) is 35.0. The van der Waals surface area contributed by atoms with Crippen molar-refractivity contribution in [1.82, 2.24) is 0 Å². The zero-order valence-corrected chi connectivity index (χ0v) is 8.29. The number of hydrogen-bond acceptors (Lipinski definition) is 3. The minimum atomic E-state index is -0.478. The number of rotatable bonds is 2. The molecule has 72 valence electrons. The van der Waals surface area contributed by atoms with Gasteiger partial charge in [0.2, 0.25) is 0 Å². The lowest BCUT2D eigenvalue weighted by molar-refractivity contribution is -0.366. The molecule has 2 unspecified atom stereocenters. The molecule has 0 amide bonds. The molecule has 12 heavy (non-hydrogen) atoms. The van der Waals surface area contributed by atoms with Crippen molar-refractivity contribution >= 4 is 0 Å². The molecule has 0 aromatic carbocycles. The highest BCUT2D eigenvalue weighted by Gasteiger charge is 2.33. The maximum Gasteiger partial charge on any atom is 0.272 e. The second kappa shape index (κ2) is 3.73. The Morgan fingerprint density at radius 1 is 1.50 bits per heavy atom. The van der Waals surface area contributed by atoms with E-state index in [-0.39, 0.29) is 11.7 Å². The van der Waals surface area contributed by atoms with Crippen LogP contribution in [0.5, 0.6) is 0 Å². The lowest BCUT2D eigenvalue weighted by Gasteiger charge is -2.38. The van der Waals surface area contributed by atoms with Crippen molar-refractivity contribution in [1.29, 1.82) is 0 Å². The highest BCUT2D eigenvalue weighted by Crippen LogP contribution is 2.27. The molecular formula is C9H18O3. The fraction of sp³-hybridized carbons (Fsp3) is 1.00. The molecule has 1 heterocycles. The van der Waals surface area contributed by atoms with Gasteiger partial charge in [-0.3, -0.25) is 0 Å². The first-order chi connectivity index (χ1) is 5.53. The molecule has 1 fully saturated rings. The van der Waals surface area contributed by atoms with Crippen LogP contribution in [-0.4, -0.2) is 24.8 Å². The van der Waals surface area contributed by atoms with Gasteiger partial charge in [0.1, 0.15) is 0 Å². The topological polar surface area (TPSA) is 27.7 Å². The Balaban J connectivity index is 2.46. The molecule has 0 spiro atoms. The van der Waals surface area contributed by atoms with E-state index >= 15 is 0 Å². The molecule has 1 aliphatic rings. The van der Waals surface area contributed by atoms with Gasteiger partial charge in [-0.1, -0.05) is 0 Å². The summed E-state index contributed by atoms with van der Waals surface area (Å²) < 4.78 is 16.2. The molecule has 1 rings (SSSR count). The van der Waals surface area contributed by atoms with E-state index in [9.17, 15) is 0 Å². The predicted molar refractivity (Wildman–Crippen MR) is 45.7 cm³/mol. The van der Waals surface area contributed by atoms with Crippen molar-refractivity contribution in [2.24, 2.45) is 0 Å². The van der Waals surface area contributed by atoms with E-state index in [4.69, 9.17) is 14.2 Å². The van der Waals surface area contributed by atoms with Crippen molar-refractivity contribution in [3.8, 4) is 0 Å². The zero-order valence-electron chi connectivity index (χ0n) is 8.29. The van der Waals surface area contributed by atoms with Crippen LogP contribution in [0.2, 0.25) is 0 Å². The third-order valence-corrected chi connectivity index (χ3v) is 1.84. The quantitative estimate of drug-likeness (QED) is 0.640. The van der Waals surface area contributed by atoms with Gasteiger partial charge in [0.25, 0.3) is 6.48 Å². The maximum atomic E-state index is 5.54. The molecule has 1 saturated heterocycles. The van der Waals surface area contributed by atoms with Crippen molar-refractivity contribution in [3.63, 3.8) is 0 Å². The molecule has 3 heteroatoms. The Labute approximate surface area is 74.0 Å². The minimum absolute atomic E-state index is 0.127. The molecule has 0 aromatic rings. The van der Waals surface area contributed by atoms with E-state index in [1.807, 2.05) is 13.8 Å². The van der Waals surface area contributed by atoms with Gasteiger partial charge in [-0.25, -0.2) is 0 Å². The van der Waals surface area contributed by atoms with Crippen LogP contribution >= 0.6 is 0 Å². The Kier molecular flexibility index (Phi) is 3.09. The second-order valence-electron chi connectivity index (χ2n) is 3.77. The first-order valence-electron chi connectivity index (χ1n) is 4.48. The Morgan fingerprint density at radius 3 is 2.67 bits per heavy atom. The summed E-state index contributed by atoms with van der Waals surface area (Å²) >= 11 is 0. The summed E-state index contributed by atoms with van der Waals surface area (Å²) in [5, 5.41) is 0. The van der Waals surface area contributed by atoms with Crippen molar-refractivity contribution < 1.29 is 14.2 Å². The van der Waals surface area contributed by atoms with Crippen LogP contribution in [0.3, 0.4) is 0 Å². The molecule has 0 N–H and O–H groups in total. The second-order valence-corrected chi connectivity index (χ2v) is 3.77. The van der Waals surface area contributed by atoms with Crippen LogP contribution in [-0.2, 0) is 14.2 Å². The van der Waals surface area contributed by atoms with E-state index in [2.05, 4.69) is 13.8 Å². The van der Waals surface area contributed by atoms with Crippen molar-refractivity contribution in [3.05, 3.63) is 0 Å². The smallest absolute Gasteiger partial charge is 0.272 e. The molecule has 3 nitrogen and oxygen atoms in total. The van der Waals surface area contributed by atoms with Gasteiger partial charge in [0, 0.05) is 13.0 Å². The molecule has 0 radical (unpaired) electrons. The largest absolute Gasteiger partial charge is 0.330 e. The fourth-order valence-corrected chi connectivity index (χ4v) is 1.48. The lowest BCUT2D eigenvalue weighted by Crippen LogP contribution is -2.44. The van der Waals surface area contributed by atoms with Crippen LogP contribution < -0.4 is 0 Å². The van der Waals surface area contributed by atoms with Crippen LogP contribution in [0, 0.1) is 0 Å². The number of hydrogen-bond donors (Lipinski definition) is 0. The molecule has 0 aromatic heterocycles. The standard InChI is InChI=1S/C9H18O3/c1-5-10-8-11-7(2)6-9(3,4)12-8/h7-8H,5-6H2,1-4H3. The van der Waals surface area contributed by atoms with Crippen molar-refractivity contribution in [2.75, 3.05) is 6.61 Å². The summed E-state index contributed by atoms with van der Waals surface area (Å²) in [7, 11) is 0. The first-order valence-corrected chi connectivity index (χ1v) is 4.48.